The van der Waals surface area contributed by atoms with E-state index in [0.717, 1.165) is 0 Å². The highest BCUT2D eigenvalue weighted by Gasteiger charge is 2.12. The molecule has 1 amide bonds. The fourth-order valence-electron chi connectivity index (χ4n) is 1.51. The molecule has 3 N–H and O–H groups in total. The molecule has 2 rings (SSSR count). The first-order valence-corrected chi connectivity index (χ1v) is 6.46. The van der Waals surface area contributed by atoms with Crippen molar-refractivity contribution in [2.45, 2.75) is 0 Å². The highest BCUT2D eigenvalue weighted by Crippen LogP contribution is 2.25. The molecule has 0 aliphatic carbocycles. The highest BCUT2D eigenvalue weighted by molar-refractivity contribution is 9.10. The van der Waals surface area contributed by atoms with Crippen LogP contribution in [0.15, 0.2) is 40.9 Å². The molecule has 19 heavy (non-hydrogen) atoms. The molecule has 0 saturated heterocycles. The molecule has 2 aromatic carbocycles. The molecular weight excluding hydrogens is 335 g/mol. The van der Waals surface area contributed by atoms with Gasteiger partial charge in [0.1, 0.15) is 5.82 Å². The van der Waals surface area contributed by atoms with Gasteiger partial charge in [-0.2, -0.15) is 0 Å². The highest BCUT2D eigenvalue weighted by atomic mass is 79.9. The summed E-state index contributed by atoms with van der Waals surface area (Å²) in [5.41, 5.74) is 6.57. The summed E-state index contributed by atoms with van der Waals surface area (Å²) >= 11 is 9.04. The predicted octanol–water partition coefficient (Wildman–Crippen LogP) is 4.08. The summed E-state index contributed by atoms with van der Waals surface area (Å²) in [6.45, 7) is 0. The average molecular weight is 344 g/mol. The number of halogens is 3. The molecule has 0 spiro atoms. The lowest BCUT2D eigenvalue weighted by molar-refractivity contribution is 0.102. The molecule has 0 unspecified atom stereocenters. The molecule has 0 aliphatic rings. The number of hydrogen-bond acceptors (Lipinski definition) is 2. The molecule has 0 aromatic heterocycles. The smallest absolute Gasteiger partial charge is 0.257 e. The monoisotopic (exact) mass is 342 g/mol. The van der Waals surface area contributed by atoms with E-state index in [-0.39, 0.29) is 5.56 Å². The summed E-state index contributed by atoms with van der Waals surface area (Å²) in [5, 5.41) is 2.97. The van der Waals surface area contributed by atoms with Crippen molar-refractivity contribution in [2.24, 2.45) is 0 Å². The van der Waals surface area contributed by atoms with Crippen LogP contribution in [0.2, 0.25) is 5.02 Å². The van der Waals surface area contributed by atoms with Gasteiger partial charge in [-0.05, 0) is 52.3 Å². The van der Waals surface area contributed by atoms with Crippen molar-refractivity contribution < 1.29 is 9.18 Å². The first-order chi connectivity index (χ1) is 8.97. The van der Waals surface area contributed by atoms with Crippen molar-refractivity contribution in [3.63, 3.8) is 0 Å². The second kappa shape index (κ2) is 5.59. The van der Waals surface area contributed by atoms with Gasteiger partial charge in [-0.1, -0.05) is 11.6 Å². The number of rotatable bonds is 2. The van der Waals surface area contributed by atoms with Crippen LogP contribution in [0.25, 0.3) is 0 Å². The van der Waals surface area contributed by atoms with Gasteiger partial charge in [0.15, 0.2) is 0 Å². The van der Waals surface area contributed by atoms with Crippen LogP contribution in [-0.2, 0) is 0 Å². The van der Waals surface area contributed by atoms with Gasteiger partial charge in [0.25, 0.3) is 5.91 Å². The largest absolute Gasteiger partial charge is 0.398 e. The van der Waals surface area contributed by atoms with Gasteiger partial charge in [0, 0.05) is 15.2 Å². The molecular formula is C13H9BrClFN2O. The Labute approximate surface area is 122 Å². The maximum Gasteiger partial charge on any atom is 0.257 e. The molecule has 0 heterocycles. The lowest BCUT2D eigenvalue weighted by Crippen LogP contribution is -2.14. The van der Waals surface area contributed by atoms with Crippen LogP contribution >= 0.6 is 27.5 Å². The van der Waals surface area contributed by atoms with Gasteiger partial charge in [-0.3, -0.25) is 4.79 Å². The van der Waals surface area contributed by atoms with E-state index in [9.17, 15) is 9.18 Å². The fourth-order valence-corrected chi connectivity index (χ4v) is 2.03. The topological polar surface area (TPSA) is 55.1 Å². The minimum absolute atomic E-state index is 0.240. The van der Waals surface area contributed by atoms with E-state index in [1.54, 1.807) is 6.07 Å². The lowest BCUT2D eigenvalue weighted by atomic mass is 10.1. The third-order valence-corrected chi connectivity index (χ3v) is 3.36. The summed E-state index contributed by atoms with van der Waals surface area (Å²) in [7, 11) is 0. The number of benzene rings is 2. The van der Waals surface area contributed by atoms with Gasteiger partial charge in [-0.15, -0.1) is 0 Å². The van der Waals surface area contributed by atoms with Gasteiger partial charge in [0.2, 0.25) is 0 Å². The van der Waals surface area contributed by atoms with Crippen LogP contribution in [0.1, 0.15) is 10.4 Å². The minimum atomic E-state index is -0.452. The maximum atomic E-state index is 13.1. The zero-order chi connectivity index (χ0) is 14.0. The van der Waals surface area contributed by atoms with E-state index in [2.05, 4.69) is 21.2 Å². The van der Waals surface area contributed by atoms with E-state index in [1.165, 1.54) is 30.3 Å². The van der Waals surface area contributed by atoms with Crippen molar-refractivity contribution in [3.8, 4) is 0 Å². The summed E-state index contributed by atoms with van der Waals surface area (Å²) in [6.07, 6.45) is 0. The Kier molecular flexibility index (Phi) is 4.07. The second-order valence-corrected chi connectivity index (χ2v) is 5.10. The standard InChI is InChI=1S/C13H9BrClFN2O/c14-10-3-2-8(16)6-12(10)18-13(19)9-5-7(15)1-4-11(9)17/h1-6H,17H2,(H,18,19). The average Bonchev–Trinajstić information content (AvgIpc) is 2.36. The predicted molar refractivity (Wildman–Crippen MR) is 77.9 cm³/mol. The van der Waals surface area contributed by atoms with Crippen molar-refractivity contribution in [1.82, 2.24) is 0 Å². The maximum absolute atomic E-state index is 13.1. The van der Waals surface area contributed by atoms with Gasteiger partial charge < -0.3 is 11.1 Å². The summed E-state index contributed by atoms with van der Waals surface area (Å²) in [4.78, 5) is 12.1. The van der Waals surface area contributed by atoms with Crippen LogP contribution < -0.4 is 11.1 Å². The summed E-state index contributed by atoms with van der Waals surface area (Å²) < 4.78 is 13.7. The Hall–Kier alpha value is -1.59. The molecule has 3 nitrogen and oxygen atoms in total. The molecule has 0 fully saturated rings. The first kappa shape index (κ1) is 13.8. The number of carbonyl (C=O) groups is 1. The lowest BCUT2D eigenvalue weighted by Gasteiger charge is -2.09. The number of nitrogens with two attached hydrogens (primary N) is 1. The van der Waals surface area contributed by atoms with Crippen molar-refractivity contribution in [2.75, 3.05) is 11.1 Å². The van der Waals surface area contributed by atoms with Crippen molar-refractivity contribution in [1.29, 1.82) is 0 Å². The number of nitrogen functional groups attached to an aromatic ring is 1. The Bertz CT molecular complexity index is 649. The Morgan fingerprint density at radius 2 is 2.00 bits per heavy atom. The van der Waals surface area contributed by atoms with Crippen molar-refractivity contribution >= 4 is 44.8 Å². The van der Waals surface area contributed by atoms with E-state index >= 15 is 0 Å². The SMILES string of the molecule is Nc1ccc(Cl)cc1C(=O)Nc1cc(F)ccc1Br. The molecule has 0 aliphatic heterocycles. The zero-order valence-corrected chi connectivity index (χ0v) is 11.9. The van der Waals surface area contributed by atoms with Crippen LogP contribution in [0.3, 0.4) is 0 Å². The Morgan fingerprint density at radius 3 is 2.74 bits per heavy atom. The zero-order valence-electron chi connectivity index (χ0n) is 9.58. The summed E-state index contributed by atoms with van der Waals surface area (Å²) in [5.74, 6) is -0.899. The van der Waals surface area contributed by atoms with Gasteiger partial charge in [0.05, 0.1) is 11.3 Å². The number of hydrogen-bond donors (Lipinski definition) is 2. The van der Waals surface area contributed by atoms with Gasteiger partial charge in [-0.25, -0.2) is 4.39 Å². The number of amides is 1. The fraction of sp³-hybridized carbons (Fsp3) is 0. The molecule has 6 heteroatoms. The molecule has 0 bridgehead atoms. The van der Waals surface area contributed by atoms with E-state index in [1.807, 2.05) is 0 Å². The third kappa shape index (κ3) is 3.24. The molecule has 0 radical (unpaired) electrons. The molecule has 98 valence electrons. The first-order valence-electron chi connectivity index (χ1n) is 5.29. The van der Waals surface area contributed by atoms with E-state index in [4.69, 9.17) is 17.3 Å². The molecule has 0 atom stereocenters. The summed E-state index contributed by atoms with van der Waals surface area (Å²) in [6, 6.07) is 8.59. The van der Waals surface area contributed by atoms with Crippen LogP contribution in [0, 0.1) is 5.82 Å². The van der Waals surface area contributed by atoms with Crippen LogP contribution in [0.5, 0.6) is 0 Å². The Morgan fingerprint density at radius 1 is 1.26 bits per heavy atom. The van der Waals surface area contributed by atoms with Crippen LogP contribution in [0.4, 0.5) is 15.8 Å². The molecule has 2 aromatic rings. The molecule has 0 saturated carbocycles. The number of carbonyl (C=O) groups excluding carboxylic acids is 1. The van der Waals surface area contributed by atoms with E-state index in [0.29, 0.717) is 20.9 Å². The van der Waals surface area contributed by atoms with Gasteiger partial charge >= 0.3 is 0 Å². The van der Waals surface area contributed by atoms with E-state index < -0.39 is 11.7 Å². The Balaban J connectivity index is 2.30. The second-order valence-electron chi connectivity index (χ2n) is 3.81. The number of nitrogens with one attached hydrogen (secondary N) is 1. The normalized spacial score (nSPS) is 10.3. The quantitative estimate of drug-likeness (QED) is 0.807. The number of anilines is 2. The van der Waals surface area contributed by atoms with Crippen molar-refractivity contribution in [3.05, 3.63) is 57.3 Å². The third-order valence-electron chi connectivity index (χ3n) is 2.44. The van der Waals surface area contributed by atoms with Crippen LogP contribution in [-0.4, -0.2) is 5.91 Å². The minimum Gasteiger partial charge on any atom is -0.398 e.